The Hall–Kier alpha value is -1.72. The number of hydrogen-bond acceptors (Lipinski definition) is 2. The third kappa shape index (κ3) is 1.88. The van der Waals surface area contributed by atoms with E-state index in [-0.39, 0.29) is 5.75 Å². The maximum atomic E-state index is 12.1. The van der Waals surface area contributed by atoms with Gasteiger partial charge in [0.05, 0.1) is 10.9 Å². The Balaban J connectivity index is 2.55. The van der Waals surface area contributed by atoms with Gasteiger partial charge in [-0.05, 0) is 19.1 Å². The highest BCUT2D eigenvalue weighted by Gasteiger charge is 2.32. The minimum Gasteiger partial charge on any atom is -0.405 e. The molecule has 0 atom stereocenters. The highest BCUT2D eigenvalue weighted by molar-refractivity contribution is 5.87. The molecule has 1 heterocycles. The number of halogens is 3. The molecule has 80 valence electrons. The lowest BCUT2D eigenvalue weighted by Gasteiger charge is -2.09. The topological polar surface area (TPSA) is 37.9 Å². The van der Waals surface area contributed by atoms with Crippen molar-refractivity contribution in [1.82, 2.24) is 10.2 Å². The van der Waals surface area contributed by atoms with Gasteiger partial charge in [-0.3, -0.25) is 5.10 Å². The van der Waals surface area contributed by atoms with Crippen LogP contribution in [0.3, 0.4) is 0 Å². The molecule has 0 bridgehead atoms. The van der Waals surface area contributed by atoms with Crippen molar-refractivity contribution in [2.75, 3.05) is 0 Å². The molecule has 0 spiro atoms. The monoisotopic (exact) mass is 216 g/mol. The lowest BCUT2D eigenvalue weighted by atomic mass is 10.2. The molecule has 0 aliphatic carbocycles. The van der Waals surface area contributed by atoms with Gasteiger partial charge in [0, 0.05) is 5.69 Å². The first-order valence-electron chi connectivity index (χ1n) is 4.17. The summed E-state index contributed by atoms with van der Waals surface area (Å²) in [6.07, 6.45) is -4.68. The first-order chi connectivity index (χ1) is 6.97. The van der Waals surface area contributed by atoms with E-state index in [1.54, 1.807) is 13.0 Å². The summed E-state index contributed by atoms with van der Waals surface area (Å²) in [5, 5.41) is 6.80. The van der Waals surface area contributed by atoms with Crippen molar-refractivity contribution in [3.8, 4) is 5.75 Å². The molecular formula is C9H7F3N2O. The number of fused-ring (bicyclic) bond motifs is 1. The van der Waals surface area contributed by atoms with E-state index in [1.165, 1.54) is 12.1 Å². The molecule has 0 saturated heterocycles. The molecule has 0 amide bonds. The predicted molar refractivity (Wildman–Crippen MR) is 47.5 cm³/mol. The van der Waals surface area contributed by atoms with E-state index in [9.17, 15) is 13.2 Å². The second-order valence-corrected chi connectivity index (χ2v) is 3.05. The van der Waals surface area contributed by atoms with Crippen LogP contribution in [0.15, 0.2) is 18.2 Å². The van der Waals surface area contributed by atoms with Gasteiger partial charge in [-0.2, -0.15) is 5.10 Å². The molecule has 6 heteroatoms. The van der Waals surface area contributed by atoms with Gasteiger partial charge in [-0.15, -0.1) is 13.2 Å². The zero-order chi connectivity index (χ0) is 11.1. The molecule has 0 saturated carbocycles. The number of rotatable bonds is 1. The second kappa shape index (κ2) is 3.15. The zero-order valence-corrected chi connectivity index (χ0v) is 7.72. The molecule has 1 aromatic carbocycles. The fraction of sp³-hybridized carbons (Fsp3) is 0.222. The number of aryl methyl sites for hydroxylation is 1. The summed E-state index contributed by atoms with van der Waals surface area (Å²) in [6, 6.07) is 4.34. The van der Waals surface area contributed by atoms with Crippen LogP contribution in [-0.4, -0.2) is 16.6 Å². The SMILES string of the molecule is Cc1[nH]nc2cccc(OC(F)(F)F)c12. The number of nitrogens with one attached hydrogen (secondary N) is 1. The van der Waals surface area contributed by atoms with Crippen molar-refractivity contribution in [3.05, 3.63) is 23.9 Å². The third-order valence-corrected chi connectivity index (χ3v) is 1.95. The van der Waals surface area contributed by atoms with E-state index in [4.69, 9.17) is 0 Å². The van der Waals surface area contributed by atoms with Crippen LogP contribution in [0.4, 0.5) is 13.2 Å². The van der Waals surface area contributed by atoms with E-state index >= 15 is 0 Å². The number of benzene rings is 1. The van der Waals surface area contributed by atoms with E-state index in [1.807, 2.05) is 0 Å². The van der Waals surface area contributed by atoms with Crippen molar-refractivity contribution < 1.29 is 17.9 Å². The van der Waals surface area contributed by atoms with E-state index in [2.05, 4.69) is 14.9 Å². The second-order valence-electron chi connectivity index (χ2n) is 3.05. The summed E-state index contributed by atoms with van der Waals surface area (Å²) in [6.45, 7) is 1.64. The van der Waals surface area contributed by atoms with Crippen LogP contribution in [0.5, 0.6) is 5.75 Å². The van der Waals surface area contributed by atoms with Crippen molar-refractivity contribution in [1.29, 1.82) is 0 Å². The van der Waals surface area contributed by atoms with Gasteiger partial charge in [0.1, 0.15) is 5.75 Å². The number of nitrogens with zero attached hydrogens (tertiary/aromatic N) is 1. The van der Waals surface area contributed by atoms with Gasteiger partial charge in [0.15, 0.2) is 0 Å². The minimum absolute atomic E-state index is 0.230. The average molecular weight is 216 g/mol. The Bertz CT molecular complexity index is 490. The Labute approximate surface area is 82.9 Å². The number of aromatic nitrogens is 2. The normalized spacial score (nSPS) is 12.0. The van der Waals surface area contributed by atoms with E-state index in [0.717, 1.165) is 0 Å². The zero-order valence-electron chi connectivity index (χ0n) is 7.72. The molecule has 2 rings (SSSR count). The minimum atomic E-state index is -4.68. The number of aromatic amines is 1. The molecule has 2 aromatic rings. The first-order valence-corrected chi connectivity index (χ1v) is 4.17. The van der Waals surface area contributed by atoms with Crippen LogP contribution < -0.4 is 4.74 Å². The molecule has 3 nitrogen and oxygen atoms in total. The van der Waals surface area contributed by atoms with Crippen molar-refractivity contribution in [3.63, 3.8) is 0 Å². The quantitative estimate of drug-likeness (QED) is 0.795. The summed E-state index contributed by atoms with van der Waals surface area (Å²) in [5.41, 5.74) is 0.999. The standard InChI is InChI=1S/C9H7F3N2O/c1-5-8-6(14-13-5)3-2-4-7(8)15-9(10,11)12/h2-4H,1H3,(H,13,14). The van der Waals surface area contributed by atoms with Crippen LogP contribution in [0.1, 0.15) is 5.69 Å². The Kier molecular flexibility index (Phi) is 2.06. The summed E-state index contributed by atoms with van der Waals surface area (Å²) >= 11 is 0. The van der Waals surface area contributed by atoms with Crippen LogP contribution in [0.25, 0.3) is 10.9 Å². The first kappa shape index (κ1) is 9.82. The largest absolute Gasteiger partial charge is 0.573 e. The smallest absolute Gasteiger partial charge is 0.405 e. The molecular weight excluding hydrogens is 209 g/mol. The molecule has 1 N–H and O–H groups in total. The molecule has 0 aliphatic rings. The average Bonchev–Trinajstić information content (AvgIpc) is 2.46. The van der Waals surface area contributed by atoms with Gasteiger partial charge in [0.25, 0.3) is 0 Å². The third-order valence-electron chi connectivity index (χ3n) is 1.95. The van der Waals surface area contributed by atoms with Crippen LogP contribution >= 0.6 is 0 Å². The fourth-order valence-corrected chi connectivity index (χ4v) is 1.40. The van der Waals surface area contributed by atoms with E-state index in [0.29, 0.717) is 16.6 Å². The number of H-pyrrole nitrogens is 1. The van der Waals surface area contributed by atoms with Gasteiger partial charge >= 0.3 is 6.36 Å². The van der Waals surface area contributed by atoms with Crippen LogP contribution in [0.2, 0.25) is 0 Å². The van der Waals surface area contributed by atoms with Gasteiger partial charge < -0.3 is 4.74 Å². The number of hydrogen-bond donors (Lipinski definition) is 1. The number of alkyl halides is 3. The van der Waals surface area contributed by atoms with Gasteiger partial charge in [-0.1, -0.05) is 6.07 Å². The molecule has 1 aromatic heterocycles. The highest BCUT2D eigenvalue weighted by Crippen LogP contribution is 2.31. The summed E-state index contributed by atoms with van der Waals surface area (Å²) in [7, 11) is 0. The summed E-state index contributed by atoms with van der Waals surface area (Å²) in [5.74, 6) is -0.230. The highest BCUT2D eigenvalue weighted by atomic mass is 19.4. The molecule has 15 heavy (non-hydrogen) atoms. The fourth-order valence-electron chi connectivity index (χ4n) is 1.40. The van der Waals surface area contributed by atoms with Crippen LogP contribution in [0, 0.1) is 6.92 Å². The summed E-state index contributed by atoms with van der Waals surface area (Å²) in [4.78, 5) is 0. The van der Waals surface area contributed by atoms with Gasteiger partial charge in [-0.25, -0.2) is 0 Å². The predicted octanol–water partition coefficient (Wildman–Crippen LogP) is 2.77. The Morgan fingerprint density at radius 3 is 2.73 bits per heavy atom. The lowest BCUT2D eigenvalue weighted by Crippen LogP contribution is -2.17. The molecule has 0 radical (unpaired) electrons. The van der Waals surface area contributed by atoms with E-state index < -0.39 is 6.36 Å². The van der Waals surface area contributed by atoms with Crippen LogP contribution in [-0.2, 0) is 0 Å². The lowest BCUT2D eigenvalue weighted by molar-refractivity contribution is -0.274. The maximum absolute atomic E-state index is 12.1. The van der Waals surface area contributed by atoms with Gasteiger partial charge in [0.2, 0.25) is 0 Å². The summed E-state index contributed by atoms with van der Waals surface area (Å²) < 4.78 is 40.1. The van der Waals surface area contributed by atoms with Crippen molar-refractivity contribution in [2.24, 2.45) is 0 Å². The van der Waals surface area contributed by atoms with Crippen molar-refractivity contribution in [2.45, 2.75) is 13.3 Å². The Morgan fingerprint density at radius 2 is 2.07 bits per heavy atom. The molecule has 0 aliphatic heterocycles. The molecule has 0 fully saturated rings. The Morgan fingerprint density at radius 1 is 1.33 bits per heavy atom. The number of ether oxygens (including phenoxy) is 1. The van der Waals surface area contributed by atoms with Crippen molar-refractivity contribution >= 4 is 10.9 Å². The maximum Gasteiger partial charge on any atom is 0.573 e. The molecule has 0 unspecified atom stereocenters.